The van der Waals surface area contributed by atoms with Gasteiger partial charge in [0, 0.05) is 58.7 Å². The second-order valence-electron chi connectivity index (χ2n) is 9.20. The molecule has 8 nitrogen and oxygen atoms in total. The highest BCUT2D eigenvalue weighted by Gasteiger charge is 2.38. The Bertz CT molecular complexity index is 1640. The van der Waals surface area contributed by atoms with Crippen LogP contribution in [-0.2, 0) is 17.3 Å². The number of halogens is 2. The Balaban J connectivity index is 1.48. The number of rotatable bonds is 9. The number of likely N-dealkylation sites (N-methyl/N-ethyl adjacent to an activating group) is 1. The minimum Gasteiger partial charge on any atom is -0.346 e. The summed E-state index contributed by atoms with van der Waals surface area (Å²) in [6, 6.07) is 14.8. The molecule has 0 saturated heterocycles. The Hall–Kier alpha value is -4.57. The van der Waals surface area contributed by atoms with E-state index in [0.29, 0.717) is 5.69 Å². The van der Waals surface area contributed by atoms with E-state index in [0.717, 1.165) is 30.1 Å². The van der Waals surface area contributed by atoms with Crippen molar-refractivity contribution in [2.45, 2.75) is 12.5 Å². The largest absolute Gasteiger partial charge is 0.346 e. The van der Waals surface area contributed by atoms with Gasteiger partial charge in [0.2, 0.25) is 11.9 Å². The van der Waals surface area contributed by atoms with Gasteiger partial charge in [0.25, 0.3) is 0 Å². The van der Waals surface area contributed by atoms with Gasteiger partial charge in [0.05, 0.1) is 0 Å². The van der Waals surface area contributed by atoms with Crippen LogP contribution in [0.4, 0.5) is 26.1 Å². The molecular formula is C28H27F2N7O. The first-order chi connectivity index (χ1) is 18.2. The lowest BCUT2D eigenvalue weighted by Gasteiger charge is -2.19. The summed E-state index contributed by atoms with van der Waals surface area (Å²) in [5, 5.41) is 6.82. The smallest absolute Gasteiger partial charge is 0.315 e. The second kappa shape index (κ2) is 10.1. The van der Waals surface area contributed by atoms with Crippen LogP contribution in [0.1, 0.15) is 11.3 Å². The van der Waals surface area contributed by atoms with Gasteiger partial charge in [-0.2, -0.15) is 13.8 Å². The lowest BCUT2D eigenvalue weighted by atomic mass is 10.0. The third-order valence-corrected chi connectivity index (χ3v) is 6.21. The van der Waals surface area contributed by atoms with Gasteiger partial charge >= 0.3 is 5.92 Å². The Morgan fingerprint density at radius 1 is 1.13 bits per heavy atom. The number of hydrogen-bond acceptors (Lipinski definition) is 5. The third kappa shape index (κ3) is 4.98. The summed E-state index contributed by atoms with van der Waals surface area (Å²) in [6.45, 7) is 5.15. The van der Waals surface area contributed by atoms with Crippen LogP contribution in [-0.4, -0.2) is 51.0 Å². The molecule has 0 atom stereocenters. The maximum atomic E-state index is 15.9. The zero-order chi connectivity index (χ0) is 26.9. The number of carbonyl (C=O) groups excluding carboxylic acids is 1. The van der Waals surface area contributed by atoms with Crippen LogP contribution in [0.2, 0.25) is 0 Å². The van der Waals surface area contributed by atoms with Crippen LogP contribution >= 0.6 is 0 Å². The summed E-state index contributed by atoms with van der Waals surface area (Å²) in [4.78, 5) is 25.4. The number of aromatic amines is 1. The quantitative estimate of drug-likeness (QED) is 0.226. The van der Waals surface area contributed by atoms with Gasteiger partial charge in [-0.1, -0.05) is 18.7 Å². The summed E-state index contributed by atoms with van der Waals surface area (Å²) in [6.07, 6.45) is 4.66. The molecule has 5 rings (SSSR count). The van der Waals surface area contributed by atoms with Crippen LogP contribution < -0.4 is 10.6 Å². The van der Waals surface area contributed by atoms with E-state index in [1.807, 2.05) is 44.6 Å². The van der Waals surface area contributed by atoms with E-state index in [1.54, 1.807) is 6.20 Å². The number of benzene rings is 2. The van der Waals surface area contributed by atoms with E-state index < -0.39 is 17.5 Å². The number of nitrogens with one attached hydrogen (secondary N) is 3. The summed E-state index contributed by atoms with van der Waals surface area (Å²) in [5.41, 5.74) is 1.51. The van der Waals surface area contributed by atoms with Crippen LogP contribution in [0.5, 0.6) is 0 Å². The second-order valence-corrected chi connectivity index (χ2v) is 9.20. The first-order valence-electron chi connectivity index (χ1n) is 12.0. The van der Waals surface area contributed by atoms with Crippen molar-refractivity contribution in [1.82, 2.24) is 24.4 Å². The Morgan fingerprint density at radius 3 is 2.76 bits per heavy atom. The van der Waals surface area contributed by atoms with E-state index in [1.165, 1.54) is 30.3 Å². The number of amides is 1. The molecule has 10 heteroatoms. The third-order valence-electron chi connectivity index (χ3n) is 6.21. The van der Waals surface area contributed by atoms with Gasteiger partial charge in [0.15, 0.2) is 0 Å². The normalized spacial score (nSPS) is 11.8. The van der Waals surface area contributed by atoms with E-state index >= 15 is 8.78 Å². The summed E-state index contributed by atoms with van der Waals surface area (Å²) in [7, 11) is 4.06. The molecule has 194 valence electrons. The van der Waals surface area contributed by atoms with Gasteiger partial charge in [-0.05, 0) is 62.6 Å². The van der Waals surface area contributed by atoms with E-state index in [2.05, 4.69) is 41.6 Å². The molecular weight excluding hydrogens is 488 g/mol. The van der Waals surface area contributed by atoms with Crippen molar-refractivity contribution in [2.75, 3.05) is 31.3 Å². The average molecular weight is 516 g/mol. The Labute approximate surface area is 218 Å². The van der Waals surface area contributed by atoms with Crippen molar-refractivity contribution < 1.29 is 13.6 Å². The van der Waals surface area contributed by atoms with Crippen LogP contribution in [0, 0.1) is 0 Å². The zero-order valence-corrected chi connectivity index (χ0v) is 21.0. The highest BCUT2D eigenvalue weighted by atomic mass is 19.3. The molecule has 0 aliphatic carbocycles. The molecule has 1 amide bonds. The SMILES string of the molecule is C=CC(=O)Nc1cccc(C(F)(F)c2nc(Nc3ccc4c(ccn4CCN(C)C)c3)nc3[nH]ccc23)c1. The van der Waals surface area contributed by atoms with Gasteiger partial charge < -0.3 is 25.1 Å². The fraction of sp³-hybridized carbons (Fsp3) is 0.179. The minimum absolute atomic E-state index is 0.0390. The maximum Gasteiger partial charge on any atom is 0.315 e. The first kappa shape index (κ1) is 25.1. The molecule has 38 heavy (non-hydrogen) atoms. The number of fused-ring (bicyclic) bond motifs is 2. The van der Waals surface area contributed by atoms with Crippen LogP contribution in [0.3, 0.4) is 0 Å². The number of H-pyrrole nitrogens is 1. The predicted molar refractivity (Wildman–Crippen MR) is 146 cm³/mol. The Kier molecular flexibility index (Phi) is 6.64. The van der Waals surface area contributed by atoms with E-state index in [4.69, 9.17) is 0 Å². The van der Waals surface area contributed by atoms with Crippen molar-refractivity contribution in [1.29, 1.82) is 0 Å². The minimum atomic E-state index is -3.47. The standard InChI is InChI=1S/C28H27F2N7O/c1-4-24(38)32-20-7-5-6-19(17-20)28(29,30)25-22-10-12-31-26(22)35-27(34-25)33-21-8-9-23-18(16-21)11-13-37(23)15-14-36(2)3/h4-13,16-17H,1,14-15H2,2-3H3,(H,32,38)(H2,31,33,34,35). The number of nitrogens with zero attached hydrogens (tertiary/aromatic N) is 4. The predicted octanol–water partition coefficient (Wildman–Crippen LogP) is 5.48. The molecule has 0 aliphatic heterocycles. The van der Waals surface area contributed by atoms with Crippen LogP contribution in [0.15, 0.2) is 79.6 Å². The molecule has 2 aromatic carbocycles. The highest BCUT2D eigenvalue weighted by Crippen LogP contribution is 2.39. The van der Waals surface area contributed by atoms with Gasteiger partial charge in [-0.3, -0.25) is 4.79 Å². The molecule has 0 bridgehead atoms. The lowest BCUT2D eigenvalue weighted by Crippen LogP contribution is -2.19. The Morgan fingerprint density at radius 2 is 1.97 bits per heavy atom. The summed E-state index contributed by atoms with van der Waals surface area (Å²) < 4.78 is 33.9. The average Bonchev–Trinajstić information content (AvgIpc) is 3.53. The van der Waals surface area contributed by atoms with Crippen molar-refractivity contribution in [3.63, 3.8) is 0 Å². The van der Waals surface area contributed by atoms with Crippen molar-refractivity contribution in [2.24, 2.45) is 0 Å². The van der Waals surface area contributed by atoms with E-state index in [9.17, 15) is 4.79 Å². The molecule has 5 aromatic rings. The topological polar surface area (TPSA) is 90.9 Å². The maximum absolute atomic E-state index is 15.9. The molecule has 0 saturated carbocycles. The highest BCUT2D eigenvalue weighted by molar-refractivity contribution is 5.99. The van der Waals surface area contributed by atoms with Gasteiger partial charge in [-0.25, -0.2) is 4.98 Å². The number of alkyl halides is 2. The number of aromatic nitrogens is 4. The van der Waals surface area contributed by atoms with E-state index in [-0.39, 0.29) is 28.2 Å². The van der Waals surface area contributed by atoms with Crippen LogP contribution in [0.25, 0.3) is 21.9 Å². The molecule has 0 aliphatic rings. The van der Waals surface area contributed by atoms with Crippen molar-refractivity contribution >= 4 is 45.2 Å². The van der Waals surface area contributed by atoms with Crippen molar-refractivity contribution in [3.8, 4) is 0 Å². The fourth-order valence-corrected chi connectivity index (χ4v) is 4.27. The molecule has 0 unspecified atom stereocenters. The first-order valence-corrected chi connectivity index (χ1v) is 12.0. The van der Waals surface area contributed by atoms with Crippen molar-refractivity contribution in [3.05, 3.63) is 90.9 Å². The summed E-state index contributed by atoms with van der Waals surface area (Å²) in [5.74, 6) is -3.92. The zero-order valence-electron chi connectivity index (χ0n) is 21.0. The molecule has 3 aromatic heterocycles. The van der Waals surface area contributed by atoms with Gasteiger partial charge in [0.1, 0.15) is 11.3 Å². The lowest BCUT2D eigenvalue weighted by molar-refractivity contribution is -0.111. The summed E-state index contributed by atoms with van der Waals surface area (Å²) >= 11 is 0. The number of carbonyl (C=O) groups is 1. The fourth-order valence-electron chi connectivity index (χ4n) is 4.27. The molecule has 3 heterocycles. The molecule has 0 fully saturated rings. The molecule has 0 spiro atoms. The monoisotopic (exact) mass is 515 g/mol. The molecule has 3 N–H and O–H groups in total. The number of hydrogen-bond donors (Lipinski definition) is 3. The molecule has 0 radical (unpaired) electrons. The van der Waals surface area contributed by atoms with Gasteiger partial charge in [-0.15, -0.1) is 0 Å². The number of anilines is 3.